The highest BCUT2D eigenvalue weighted by Crippen LogP contribution is 2.32. The summed E-state index contributed by atoms with van der Waals surface area (Å²) in [5.41, 5.74) is 4.45. The number of hydrogen-bond donors (Lipinski definition) is 0. The van der Waals surface area contributed by atoms with Gasteiger partial charge in [0.15, 0.2) is 0 Å². The molecule has 0 saturated carbocycles. The van der Waals surface area contributed by atoms with Crippen molar-refractivity contribution in [3.63, 3.8) is 0 Å². The van der Waals surface area contributed by atoms with Gasteiger partial charge in [-0.2, -0.15) is 5.26 Å². The Morgan fingerprint density at radius 3 is 2.65 bits per heavy atom. The van der Waals surface area contributed by atoms with Crippen LogP contribution in [-0.4, -0.2) is 15.0 Å². The Morgan fingerprint density at radius 2 is 1.96 bits per heavy atom. The third kappa shape index (κ3) is 3.55. The molecule has 0 bridgehead atoms. The molecule has 0 aliphatic rings. The van der Waals surface area contributed by atoms with E-state index in [2.05, 4.69) is 21.0 Å². The fraction of sp³-hybridized carbons (Fsp3) is 0.111. The van der Waals surface area contributed by atoms with Crippen LogP contribution in [0, 0.1) is 18.3 Å². The second-order valence-corrected chi connectivity index (χ2v) is 5.95. The van der Waals surface area contributed by atoms with Gasteiger partial charge in [0.25, 0.3) is 0 Å². The molecule has 0 atom stereocenters. The van der Waals surface area contributed by atoms with Crippen LogP contribution in [0.1, 0.15) is 16.8 Å². The zero-order chi connectivity index (χ0) is 16.1. The standard InChI is InChI=1S/C18H14N4S/c1-13-9-16(15-3-2-6-21-11-15)17(10-19)18(22-13)23-12-14-4-7-20-8-5-14/h2-9,11H,12H2,1H3. The summed E-state index contributed by atoms with van der Waals surface area (Å²) in [6.45, 7) is 1.94. The lowest BCUT2D eigenvalue weighted by Crippen LogP contribution is -1.96. The minimum atomic E-state index is 0.600. The molecule has 3 aromatic rings. The molecule has 23 heavy (non-hydrogen) atoms. The number of nitrogens with zero attached hydrogens (tertiary/aromatic N) is 4. The smallest absolute Gasteiger partial charge is 0.115 e. The van der Waals surface area contributed by atoms with E-state index in [1.807, 2.05) is 37.3 Å². The molecule has 0 fully saturated rings. The van der Waals surface area contributed by atoms with Crippen molar-refractivity contribution in [2.75, 3.05) is 0 Å². The second kappa shape index (κ2) is 7.03. The Bertz CT molecular complexity index is 842. The van der Waals surface area contributed by atoms with Crippen molar-refractivity contribution in [2.45, 2.75) is 17.7 Å². The van der Waals surface area contributed by atoms with E-state index in [1.165, 1.54) is 0 Å². The fourth-order valence-corrected chi connectivity index (χ4v) is 3.24. The molecule has 0 aromatic carbocycles. The van der Waals surface area contributed by atoms with Gasteiger partial charge in [0.2, 0.25) is 0 Å². The van der Waals surface area contributed by atoms with Crippen molar-refractivity contribution in [3.05, 3.63) is 71.9 Å². The van der Waals surface area contributed by atoms with Gasteiger partial charge in [0.1, 0.15) is 11.1 Å². The van der Waals surface area contributed by atoms with Crippen molar-refractivity contribution in [2.24, 2.45) is 0 Å². The highest BCUT2D eigenvalue weighted by molar-refractivity contribution is 7.98. The zero-order valence-electron chi connectivity index (χ0n) is 12.6. The normalized spacial score (nSPS) is 10.3. The van der Waals surface area contributed by atoms with Gasteiger partial charge in [0, 0.05) is 47.4 Å². The fourth-order valence-electron chi connectivity index (χ4n) is 2.24. The van der Waals surface area contributed by atoms with Crippen LogP contribution in [0.25, 0.3) is 11.1 Å². The van der Waals surface area contributed by atoms with Crippen molar-refractivity contribution >= 4 is 11.8 Å². The van der Waals surface area contributed by atoms with Gasteiger partial charge in [-0.05, 0) is 36.8 Å². The van der Waals surface area contributed by atoms with E-state index in [1.54, 1.807) is 36.5 Å². The highest BCUT2D eigenvalue weighted by Gasteiger charge is 2.13. The van der Waals surface area contributed by atoms with Crippen LogP contribution >= 0.6 is 11.8 Å². The maximum Gasteiger partial charge on any atom is 0.115 e. The summed E-state index contributed by atoms with van der Waals surface area (Å²) in [6.07, 6.45) is 7.04. The first-order valence-corrected chi connectivity index (χ1v) is 8.10. The van der Waals surface area contributed by atoms with Gasteiger partial charge in [-0.3, -0.25) is 9.97 Å². The quantitative estimate of drug-likeness (QED) is 0.680. The Hall–Kier alpha value is -2.71. The SMILES string of the molecule is Cc1cc(-c2cccnc2)c(C#N)c(SCc2ccncc2)n1. The van der Waals surface area contributed by atoms with Crippen molar-refractivity contribution in [1.29, 1.82) is 5.26 Å². The summed E-state index contributed by atoms with van der Waals surface area (Å²) < 4.78 is 0. The van der Waals surface area contributed by atoms with Crippen molar-refractivity contribution in [3.8, 4) is 17.2 Å². The van der Waals surface area contributed by atoms with Gasteiger partial charge in [-0.25, -0.2) is 4.98 Å². The molecule has 4 nitrogen and oxygen atoms in total. The van der Waals surface area contributed by atoms with E-state index in [-0.39, 0.29) is 0 Å². The lowest BCUT2D eigenvalue weighted by Gasteiger charge is -2.10. The first-order chi connectivity index (χ1) is 11.3. The van der Waals surface area contributed by atoms with Crippen LogP contribution in [0.5, 0.6) is 0 Å². The van der Waals surface area contributed by atoms with E-state index < -0.39 is 0 Å². The average Bonchev–Trinajstić information content (AvgIpc) is 2.61. The summed E-state index contributed by atoms with van der Waals surface area (Å²) in [6, 6.07) is 12.0. The molecular weight excluding hydrogens is 304 g/mol. The highest BCUT2D eigenvalue weighted by atomic mass is 32.2. The maximum absolute atomic E-state index is 9.61. The second-order valence-electron chi connectivity index (χ2n) is 4.99. The Balaban J connectivity index is 1.97. The molecule has 3 rings (SSSR count). The molecule has 5 heteroatoms. The maximum atomic E-state index is 9.61. The number of nitriles is 1. The van der Waals surface area contributed by atoms with Crippen LogP contribution < -0.4 is 0 Å². The monoisotopic (exact) mass is 318 g/mol. The van der Waals surface area contributed by atoms with Crippen molar-refractivity contribution < 1.29 is 0 Å². The predicted octanol–water partition coefficient (Wildman–Crippen LogP) is 4.01. The van der Waals surface area contributed by atoms with Crippen LogP contribution in [0.15, 0.2) is 60.1 Å². The molecule has 0 saturated heterocycles. The Morgan fingerprint density at radius 1 is 1.13 bits per heavy atom. The van der Waals surface area contributed by atoms with Crippen molar-refractivity contribution in [1.82, 2.24) is 15.0 Å². The lowest BCUT2D eigenvalue weighted by atomic mass is 10.0. The van der Waals surface area contributed by atoms with Gasteiger partial charge < -0.3 is 0 Å². The van der Waals surface area contributed by atoms with E-state index in [0.717, 1.165) is 33.2 Å². The Kier molecular flexibility index (Phi) is 4.65. The molecular formula is C18H14N4S. The van der Waals surface area contributed by atoms with Crippen LogP contribution in [-0.2, 0) is 5.75 Å². The molecule has 0 radical (unpaired) electrons. The number of thioether (sulfide) groups is 1. The molecule has 112 valence electrons. The molecule has 0 aliphatic carbocycles. The van der Waals surface area contributed by atoms with Crippen LogP contribution in [0.3, 0.4) is 0 Å². The van der Waals surface area contributed by atoms with Gasteiger partial charge >= 0.3 is 0 Å². The van der Waals surface area contributed by atoms with Crippen LogP contribution in [0.4, 0.5) is 0 Å². The van der Waals surface area contributed by atoms with E-state index in [0.29, 0.717) is 5.56 Å². The first-order valence-electron chi connectivity index (χ1n) is 7.12. The lowest BCUT2D eigenvalue weighted by molar-refractivity contribution is 1.05. The molecule has 3 aromatic heterocycles. The number of rotatable bonds is 4. The van der Waals surface area contributed by atoms with Gasteiger partial charge in [0.05, 0.1) is 5.56 Å². The predicted molar refractivity (Wildman–Crippen MR) is 90.7 cm³/mol. The molecule has 0 amide bonds. The molecule has 3 heterocycles. The summed E-state index contributed by atoms with van der Waals surface area (Å²) in [7, 11) is 0. The van der Waals surface area contributed by atoms with E-state index in [9.17, 15) is 5.26 Å². The van der Waals surface area contributed by atoms with E-state index in [4.69, 9.17) is 0 Å². The molecule has 0 N–H and O–H groups in total. The number of aromatic nitrogens is 3. The first kappa shape index (κ1) is 15.2. The summed E-state index contributed by atoms with van der Waals surface area (Å²) in [5.74, 6) is 0.750. The largest absolute Gasteiger partial charge is 0.265 e. The minimum Gasteiger partial charge on any atom is -0.265 e. The topological polar surface area (TPSA) is 62.5 Å². The van der Waals surface area contributed by atoms with Crippen LogP contribution in [0.2, 0.25) is 0 Å². The summed E-state index contributed by atoms with van der Waals surface area (Å²) in [4.78, 5) is 12.7. The molecule has 0 aliphatic heterocycles. The average molecular weight is 318 g/mol. The van der Waals surface area contributed by atoms with Gasteiger partial charge in [-0.1, -0.05) is 6.07 Å². The van der Waals surface area contributed by atoms with E-state index >= 15 is 0 Å². The third-order valence-corrected chi connectivity index (χ3v) is 4.37. The number of hydrogen-bond acceptors (Lipinski definition) is 5. The summed E-state index contributed by atoms with van der Waals surface area (Å²) in [5, 5.41) is 10.4. The minimum absolute atomic E-state index is 0.600. The zero-order valence-corrected chi connectivity index (χ0v) is 13.4. The number of pyridine rings is 3. The Labute approximate surface area is 139 Å². The summed E-state index contributed by atoms with van der Waals surface area (Å²) >= 11 is 1.57. The molecule has 0 unspecified atom stereocenters. The van der Waals surface area contributed by atoms with Gasteiger partial charge in [-0.15, -0.1) is 11.8 Å². The molecule has 0 spiro atoms. The third-order valence-electron chi connectivity index (χ3n) is 3.32. The number of aryl methyl sites for hydroxylation is 1.